The third-order valence-corrected chi connectivity index (χ3v) is 4.45. The molecule has 1 saturated heterocycles. The number of likely N-dealkylation sites (tertiary alicyclic amines) is 1. The number of piperidine rings is 1. The van der Waals surface area contributed by atoms with Crippen molar-refractivity contribution in [1.29, 1.82) is 0 Å². The molecular weight excluding hydrogens is 272 g/mol. The van der Waals surface area contributed by atoms with E-state index in [0.29, 0.717) is 32.4 Å². The Labute approximate surface area is 125 Å². The monoisotopic (exact) mass is 298 g/mol. The molecule has 6 heteroatoms. The van der Waals surface area contributed by atoms with Crippen molar-refractivity contribution in [2.75, 3.05) is 13.1 Å². The largest absolute Gasteiger partial charge is 0.481 e. The van der Waals surface area contributed by atoms with Crippen LogP contribution in [0, 0.1) is 11.3 Å². The molecule has 0 bridgehead atoms. The van der Waals surface area contributed by atoms with Crippen molar-refractivity contribution in [1.82, 2.24) is 10.2 Å². The molecule has 1 aliphatic rings. The van der Waals surface area contributed by atoms with Gasteiger partial charge in [0.2, 0.25) is 11.8 Å². The van der Waals surface area contributed by atoms with Crippen LogP contribution in [0.5, 0.6) is 0 Å². The Hall–Kier alpha value is -1.59. The lowest BCUT2D eigenvalue weighted by molar-refractivity contribution is -0.155. The van der Waals surface area contributed by atoms with Crippen molar-refractivity contribution in [3.8, 4) is 0 Å². The first-order chi connectivity index (χ1) is 9.73. The van der Waals surface area contributed by atoms with Crippen molar-refractivity contribution in [3.05, 3.63) is 0 Å². The smallest absolute Gasteiger partial charge is 0.309 e. The fourth-order valence-electron chi connectivity index (χ4n) is 2.80. The number of amides is 2. The van der Waals surface area contributed by atoms with Crippen molar-refractivity contribution in [2.45, 2.75) is 53.0 Å². The summed E-state index contributed by atoms with van der Waals surface area (Å²) >= 11 is 0. The van der Waals surface area contributed by atoms with E-state index in [1.54, 1.807) is 4.90 Å². The average molecular weight is 298 g/mol. The molecule has 120 valence electrons. The zero-order valence-electron chi connectivity index (χ0n) is 13.3. The Bertz CT molecular complexity index is 412. The van der Waals surface area contributed by atoms with E-state index >= 15 is 0 Å². The third kappa shape index (κ3) is 3.95. The molecule has 0 saturated carbocycles. The van der Waals surface area contributed by atoms with Crippen molar-refractivity contribution >= 4 is 17.8 Å². The number of carboxylic acid groups (broad SMARTS) is 1. The molecule has 2 N–H and O–H groups in total. The van der Waals surface area contributed by atoms with Crippen LogP contribution in [0.15, 0.2) is 0 Å². The van der Waals surface area contributed by atoms with E-state index in [4.69, 9.17) is 0 Å². The van der Waals surface area contributed by atoms with Crippen LogP contribution in [0.4, 0.5) is 0 Å². The molecule has 0 spiro atoms. The van der Waals surface area contributed by atoms with Gasteiger partial charge in [-0.15, -0.1) is 0 Å². The number of hydrogen-bond acceptors (Lipinski definition) is 3. The molecule has 0 radical (unpaired) electrons. The van der Waals surface area contributed by atoms with E-state index in [1.807, 2.05) is 20.8 Å². The van der Waals surface area contributed by atoms with Gasteiger partial charge in [-0.1, -0.05) is 20.8 Å². The topological polar surface area (TPSA) is 86.7 Å². The summed E-state index contributed by atoms with van der Waals surface area (Å²) in [7, 11) is 0. The summed E-state index contributed by atoms with van der Waals surface area (Å²) in [6, 6.07) is -0.540. The first kappa shape index (κ1) is 17.5. The van der Waals surface area contributed by atoms with Gasteiger partial charge < -0.3 is 15.3 Å². The highest BCUT2D eigenvalue weighted by atomic mass is 16.4. The van der Waals surface area contributed by atoms with Gasteiger partial charge in [-0.05, 0) is 25.2 Å². The van der Waals surface area contributed by atoms with Gasteiger partial charge in [0.15, 0.2) is 0 Å². The maximum Gasteiger partial charge on any atom is 0.309 e. The Morgan fingerprint density at radius 3 is 2.10 bits per heavy atom. The van der Waals surface area contributed by atoms with Crippen LogP contribution >= 0.6 is 0 Å². The molecule has 1 heterocycles. The summed E-state index contributed by atoms with van der Waals surface area (Å²) in [5, 5.41) is 12.1. The van der Waals surface area contributed by atoms with Crippen LogP contribution in [0.25, 0.3) is 0 Å². The molecule has 2 amide bonds. The molecule has 0 aromatic rings. The number of aliphatic carboxylic acids is 1. The standard InChI is InChI=1S/C15H26N2O4/c1-5-15(14(20)21)6-8-17(9-7-15)13(19)12(10(2)3)16-11(4)18/h10,12H,5-9H2,1-4H3,(H,16,18)(H,20,21). The van der Waals surface area contributed by atoms with Crippen molar-refractivity contribution in [3.63, 3.8) is 0 Å². The predicted octanol–water partition coefficient (Wildman–Crippen LogP) is 1.25. The third-order valence-electron chi connectivity index (χ3n) is 4.45. The highest BCUT2D eigenvalue weighted by Gasteiger charge is 2.42. The van der Waals surface area contributed by atoms with Gasteiger partial charge in [0.25, 0.3) is 0 Å². The summed E-state index contributed by atoms with van der Waals surface area (Å²) in [6.45, 7) is 7.90. The zero-order valence-corrected chi connectivity index (χ0v) is 13.3. The lowest BCUT2D eigenvalue weighted by Crippen LogP contribution is -2.54. The number of carbonyl (C=O) groups is 3. The van der Waals surface area contributed by atoms with Gasteiger partial charge in [0, 0.05) is 20.0 Å². The molecule has 1 unspecified atom stereocenters. The molecule has 1 fully saturated rings. The van der Waals surface area contributed by atoms with Gasteiger partial charge in [0.05, 0.1) is 5.41 Å². The first-order valence-electron chi connectivity index (χ1n) is 7.53. The van der Waals surface area contributed by atoms with Gasteiger partial charge in [0.1, 0.15) is 6.04 Å². The average Bonchev–Trinajstić information content (AvgIpc) is 2.43. The van der Waals surface area contributed by atoms with Crippen molar-refractivity contribution in [2.24, 2.45) is 11.3 Å². The number of carboxylic acids is 1. The highest BCUT2D eigenvalue weighted by Crippen LogP contribution is 2.35. The Morgan fingerprint density at radius 1 is 1.24 bits per heavy atom. The summed E-state index contributed by atoms with van der Waals surface area (Å²) in [5.74, 6) is -1.12. The molecule has 1 atom stereocenters. The molecule has 0 aromatic heterocycles. The maximum atomic E-state index is 12.5. The minimum Gasteiger partial charge on any atom is -0.481 e. The second kappa shape index (κ2) is 6.91. The van der Waals surface area contributed by atoms with E-state index in [9.17, 15) is 19.5 Å². The van der Waals surface area contributed by atoms with Gasteiger partial charge in [-0.3, -0.25) is 14.4 Å². The Morgan fingerprint density at radius 2 is 1.76 bits per heavy atom. The molecule has 1 aliphatic heterocycles. The predicted molar refractivity (Wildman–Crippen MR) is 78.6 cm³/mol. The van der Waals surface area contributed by atoms with Crippen molar-refractivity contribution < 1.29 is 19.5 Å². The second-order valence-electron chi connectivity index (χ2n) is 6.19. The number of nitrogens with one attached hydrogen (secondary N) is 1. The highest BCUT2D eigenvalue weighted by molar-refractivity contribution is 5.87. The zero-order chi connectivity index (χ0) is 16.2. The number of hydrogen-bond donors (Lipinski definition) is 2. The number of carbonyl (C=O) groups excluding carboxylic acids is 2. The lowest BCUT2D eigenvalue weighted by Gasteiger charge is -2.40. The number of nitrogens with zero attached hydrogens (tertiary/aromatic N) is 1. The van der Waals surface area contributed by atoms with E-state index in [0.717, 1.165) is 0 Å². The number of rotatable bonds is 5. The first-order valence-corrected chi connectivity index (χ1v) is 7.53. The molecule has 0 aliphatic carbocycles. The summed E-state index contributed by atoms with van der Waals surface area (Å²) in [6.07, 6.45) is 1.51. The van der Waals surface area contributed by atoms with E-state index in [-0.39, 0.29) is 17.7 Å². The Balaban J connectivity index is 2.74. The van der Waals surface area contributed by atoms with Crippen LogP contribution < -0.4 is 5.32 Å². The quantitative estimate of drug-likeness (QED) is 0.799. The molecule has 1 rings (SSSR count). The molecule has 21 heavy (non-hydrogen) atoms. The van der Waals surface area contributed by atoms with Gasteiger partial charge in [-0.25, -0.2) is 0 Å². The van der Waals surface area contributed by atoms with Crippen LogP contribution in [0.2, 0.25) is 0 Å². The molecule has 6 nitrogen and oxygen atoms in total. The molecular formula is C15H26N2O4. The lowest BCUT2D eigenvalue weighted by atomic mass is 9.76. The fraction of sp³-hybridized carbons (Fsp3) is 0.800. The summed E-state index contributed by atoms with van der Waals surface area (Å²) in [4.78, 5) is 36.8. The second-order valence-corrected chi connectivity index (χ2v) is 6.19. The van der Waals surface area contributed by atoms with Crippen LogP contribution in [0.3, 0.4) is 0 Å². The van der Waals surface area contributed by atoms with Gasteiger partial charge >= 0.3 is 5.97 Å². The fourth-order valence-corrected chi connectivity index (χ4v) is 2.80. The van der Waals surface area contributed by atoms with Crippen LogP contribution in [-0.2, 0) is 14.4 Å². The van der Waals surface area contributed by atoms with E-state index in [1.165, 1.54) is 6.92 Å². The minimum atomic E-state index is -0.778. The molecule has 0 aromatic carbocycles. The Kier molecular flexibility index (Phi) is 5.75. The summed E-state index contributed by atoms with van der Waals surface area (Å²) < 4.78 is 0. The van der Waals surface area contributed by atoms with E-state index < -0.39 is 17.4 Å². The van der Waals surface area contributed by atoms with E-state index in [2.05, 4.69) is 5.32 Å². The SMILES string of the molecule is CCC1(C(=O)O)CCN(C(=O)C(NC(C)=O)C(C)C)CC1. The van der Waals surface area contributed by atoms with Gasteiger partial charge in [-0.2, -0.15) is 0 Å². The van der Waals surface area contributed by atoms with Crippen LogP contribution in [-0.4, -0.2) is 46.9 Å². The normalized spacial score (nSPS) is 19.2. The van der Waals surface area contributed by atoms with Crippen LogP contribution in [0.1, 0.15) is 47.0 Å². The minimum absolute atomic E-state index is 0.00117. The summed E-state index contributed by atoms with van der Waals surface area (Å²) in [5.41, 5.74) is -0.710. The maximum absolute atomic E-state index is 12.5.